The number of benzene rings is 2. The number of carbonyl (C=O) groups is 1. The highest BCUT2D eigenvalue weighted by Crippen LogP contribution is 2.11. The molecule has 7 nitrogen and oxygen atoms in total. The summed E-state index contributed by atoms with van der Waals surface area (Å²) in [6.45, 7) is -0.204. The van der Waals surface area contributed by atoms with Crippen LogP contribution in [0.25, 0.3) is 0 Å². The Bertz CT molecular complexity index is 787. The average Bonchev–Trinajstić information content (AvgIpc) is 2.55. The van der Waals surface area contributed by atoms with Gasteiger partial charge in [0.15, 0.2) is 6.61 Å². The Labute approximate surface area is 133 Å². The molecule has 0 saturated heterocycles. The van der Waals surface area contributed by atoms with Gasteiger partial charge in [0.25, 0.3) is 15.9 Å². The zero-order valence-electron chi connectivity index (χ0n) is 12.0. The second kappa shape index (κ2) is 7.41. The predicted molar refractivity (Wildman–Crippen MR) is 85.5 cm³/mol. The van der Waals surface area contributed by atoms with E-state index in [-0.39, 0.29) is 11.5 Å². The molecular weight excluding hydrogens is 318 g/mol. The second-order valence-electron chi connectivity index (χ2n) is 4.49. The summed E-state index contributed by atoms with van der Waals surface area (Å²) in [7, 11) is -3.68. The molecule has 0 heterocycles. The highest BCUT2D eigenvalue weighted by Gasteiger charge is 2.10. The fourth-order valence-corrected chi connectivity index (χ4v) is 2.44. The molecule has 0 aromatic heterocycles. The minimum absolute atomic E-state index is 0.132. The molecule has 3 N–H and O–H groups in total. The molecule has 0 unspecified atom stereocenters. The van der Waals surface area contributed by atoms with Gasteiger partial charge in [-0.25, -0.2) is 4.83 Å². The molecule has 8 heteroatoms. The summed E-state index contributed by atoms with van der Waals surface area (Å²) in [5.74, 6) is -0.0863. The first kappa shape index (κ1) is 16.5. The van der Waals surface area contributed by atoms with Crippen molar-refractivity contribution in [2.75, 3.05) is 6.61 Å². The van der Waals surface area contributed by atoms with Crippen LogP contribution in [0.5, 0.6) is 5.75 Å². The maximum Gasteiger partial charge on any atom is 0.276 e. The monoisotopic (exact) mass is 333 g/mol. The summed E-state index contributed by atoms with van der Waals surface area (Å²) in [6.07, 6.45) is 1.36. The van der Waals surface area contributed by atoms with Crippen LogP contribution >= 0.6 is 0 Å². The summed E-state index contributed by atoms with van der Waals surface area (Å²) >= 11 is 0. The topological polar surface area (TPSA) is 111 Å². The number of ether oxygens (including phenoxy) is 1. The van der Waals surface area contributed by atoms with E-state index in [1.54, 1.807) is 42.5 Å². The summed E-state index contributed by atoms with van der Waals surface area (Å²) in [4.78, 5) is 12.9. The molecular formula is C15H15N3O4S. The van der Waals surface area contributed by atoms with Crippen molar-refractivity contribution >= 4 is 22.1 Å². The first-order chi connectivity index (χ1) is 11.0. The van der Waals surface area contributed by atoms with E-state index in [9.17, 15) is 13.2 Å². The number of hydrazone groups is 1. The molecule has 0 aliphatic heterocycles. The molecule has 0 radical (unpaired) electrons. The van der Waals surface area contributed by atoms with Crippen LogP contribution in [0.1, 0.15) is 5.56 Å². The van der Waals surface area contributed by atoms with Crippen molar-refractivity contribution in [3.05, 3.63) is 60.2 Å². The maximum absolute atomic E-state index is 11.9. The van der Waals surface area contributed by atoms with E-state index in [1.807, 2.05) is 0 Å². The summed E-state index contributed by atoms with van der Waals surface area (Å²) in [5.41, 5.74) is 5.63. The van der Waals surface area contributed by atoms with Gasteiger partial charge >= 0.3 is 0 Å². The first-order valence-electron chi connectivity index (χ1n) is 6.58. The Morgan fingerprint density at radius 1 is 1.13 bits per heavy atom. The van der Waals surface area contributed by atoms with Crippen LogP contribution in [-0.4, -0.2) is 27.1 Å². The molecule has 2 aromatic carbocycles. The minimum Gasteiger partial charge on any atom is -0.484 e. The molecule has 2 rings (SSSR count). The van der Waals surface area contributed by atoms with E-state index >= 15 is 0 Å². The zero-order chi connectivity index (χ0) is 16.7. The lowest BCUT2D eigenvalue weighted by atomic mass is 10.2. The number of primary amides is 1. The number of rotatable bonds is 7. The lowest BCUT2D eigenvalue weighted by Crippen LogP contribution is -2.20. The lowest BCUT2D eigenvalue weighted by Gasteiger charge is -2.04. The number of hydrogen-bond donors (Lipinski definition) is 2. The van der Waals surface area contributed by atoms with Crippen molar-refractivity contribution in [2.24, 2.45) is 10.8 Å². The maximum atomic E-state index is 11.9. The number of sulfonamides is 1. The Morgan fingerprint density at radius 2 is 1.78 bits per heavy atom. The summed E-state index contributed by atoms with van der Waals surface area (Å²) in [5, 5.41) is 3.72. The Hall–Kier alpha value is -2.87. The number of hydrogen-bond acceptors (Lipinski definition) is 5. The van der Waals surface area contributed by atoms with E-state index in [4.69, 9.17) is 10.5 Å². The SMILES string of the molecule is NC(=O)COc1ccc(/C=N/NS(=O)(=O)c2ccccc2)cc1. The quantitative estimate of drug-likeness (QED) is 0.578. The Morgan fingerprint density at radius 3 is 2.39 bits per heavy atom. The number of nitrogens with zero attached hydrogens (tertiary/aromatic N) is 1. The fourth-order valence-electron chi connectivity index (χ4n) is 1.63. The van der Waals surface area contributed by atoms with E-state index < -0.39 is 15.9 Å². The first-order valence-corrected chi connectivity index (χ1v) is 8.07. The summed E-state index contributed by atoms with van der Waals surface area (Å²) < 4.78 is 29.0. The van der Waals surface area contributed by atoms with Crippen LogP contribution in [0.2, 0.25) is 0 Å². The van der Waals surface area contributed by atoms with Gasteiger partial charge in [0.1, 0.15) is 5.75 Å². The van der Waals surface area contributed by atoms with Gasteiger partial charge in [-0.1, -0.05) is 18.2 Å². The second-order valence-corrected chi connectivity index (χ2v) is 6.15. The van der Waals surface area contributed by atoms with Crippen LogP contribution in [0.15, 0.2) is 64.6 Å². The fraction of sp³-hybridized carbons (Fsp3) is 0.0667. The van der Waals surface area contributed by atoms with Crippen molar-refractivity contribution in [2.45, 2.75) is 4.90 Å². The third kappa shape index (κ3) is 5.11. The van der Waals surface area contributed by atoms with Crippen molar-refractivity contribution in [3.8, 4) is 5.75 Å². The number of amides is 1. The van der Waals surface area contributed by atoms with E-state index in [1.165, 1.54) is 18.3 Å². The molecule has 2 aromatic rings. The van der Waals surface area contributed by atoms with Gasteiger partial charge in [-0.05, 0) is 42.0 Å². The molecule has 0 spiro atoms. The van der Waals surface area contributed by atoms with Crippen LogP contribution < -0.4 is 15.3 Å². The van der Waals surface area contributed by atoms with Gasteiger partial charge in [-0.2, -0.15) is 13.5 Å². The molecule has 0 aliphatic rings. The van der Waals surface area contributed by atoms with Crippen LogP contribution in [0, 0.1) is 0 Å². The minimum atomic E-state index is -3.68. The third-order valence-corrected chi connectivity index (χ3v) is 3.94. The predicted octanol–water partition coefficient (Wildman–Crippen LogP) is 0.863. The highest BCUT2D eigenvalue weighted by atomic mass is 32.2. The largest absolute Gasteiger partial charge is 0.484 e. The number of nitrogens with two attached hydrogens (primary N) is 1. The molecule has 1 amide bonds. The van der Waals surface area contributed by atoms with Gasteiger partial charge in [0.05, 0.1) is 11.1 Å². The smallest absolute Gasteiger partial charge is 0.276 e. The molecule has 0 fully saturated rings. The van der Waals surface area contributed by atoms with E-state index in [2.05, 4.69) is 9.93 Å². The number of nitrogens with one attached hydrogen (secondary N) is 1. The highest BCUT2D eigenvalue weighted by molar-refractivity contribution is 7.89. The molecule has 0 atom stereocenters. The Kier molecular flexibility index (Phi) is 5.32. The molecule has 0 saturated carbocycles. The average molecular weight is 333 g/mol. The van der Waals surface area contributed by atoms with Crippen LogP contribution in [-0.2, 0) is 14.8 Å². The van der Waals surface area contributed by atoms with E-state index in [0.29, 0.717) is 11.3 Å². The van der Waals surface area contributed by atoms with Crippen molar-refractivity contribution in [1.29, 1.82) is 0 Å². The third-order valence-electron chi connectivity index (χ3n) is 2.70. The van der Waals surface area contributed by atoms with Crippen molar-refractivity contribution in [1.82, 2.24) is 4.83 Å². The van der Waals surface area contributed by atoms with Crippen molar-refractivity contribution < 1.29 is 17.9 Å². The molecule has 120 valence electrons. The zero-order valence-corrected chi connectivity index (χ0v) is 12.9. The van der Waals surface area contributed by atoms with Crippen LogP contribution in [0.4, 0.5) is 0 Å². The van der Waals surface area contributed by atoms with Gasteiger partial charge in [-0.15, -0.1) is 0 Å². The Balaban J connectivity index is 1.97. The van der Waals surface area contributed by atoms with Crippen LogP contribution in [0.3, 0.4) is 0 Å². The molecule has 0 bridgehead atoms. The number of carbonyl (C=O) groups excluding carboxylic acids is 1. The normalized spacial score (nSPS) is 11.3. The lowest BCUT2D eigenvalue weighted by molar-refractivity contribution is -0.119. The van der Waals surface area contributed by atoms with Crippen molar-refractivity contribution in [3.63, 3.8) is 0 Å². The molecule has 23 heavy (non-hydrogen) atoms. The van der Waals surface area contributed by atoms with E-state index in [0.717, 1.165) is 0 Å². The van der Waals surface area contributed by atoms with Gasteiger partial charge < -0.3 is 10.5 Å². The van der Waals surface area contributed by atoms with Gasteiger partial charge in [0, 0.05) is 0 Å². The standard InChI is InChI=1S/C15H15N3O4S/c16-15(19)11-22-13-8-6-12(7-9-13)10-17-18-23(20,21)14-4-2-1-3-5-14/h1-10,18H,11H2,(H2,16,19)/b17-10+. The molecule has 0 aliphatic carbocycles. The van der Waals surface area contributed by atoms with Gasteiger partial charge in [-0.3, -0.25) is 4.79 Å². The van der Waals surface area contributed by atoms with Gasteiger partial charge in [0.2, 0.25) is 0 Å². The summed E-state index contributed by atoms with van der Waals surface area (Å²) in [6, 6.07) is 14.5.